The van der Waals surface area contributed by atoms with E-state index in [0.29, 0.717) is 6.20 Å². The van der Waals surface area contributed by atoms with Crippen LogP contribution >= 0.6 is 0 Å². The van der Waals surface area contributed by atoms with Crippen LogP contribution in [0.25, 0.3) is 5.76 Å². The van der Waals surface area contributed by atoms with Crippen LogP contribution in [0.3, 0.4) is 0 Å². The van der Waals surface area contributed by atoms with Gasteiger partial charge in [-0.1, -0.05) is 24.0 Å². The summed E-state index contributed by atoms with van der Waals surface area (Å²) in [4.78, 5) is 11.7. The van der Waals surface area contributed by atoms with Crippen molar-refractivity contribution in [2.45, 2.75) is 20.0 Å². The van der Waals surface area contributed by atoms with E-state index < -0.39 is 11.7 Å². The predicted molar refractivity (Wildman–Crippen MR) is 60.4 cm³/mol. The van der Waals surface area contributed by atoms with Crippen LogP contribution in [0.2, 0.25) is 0 Å². The van der Waals surface area contributed by atoms with Crippen LogP contribution in [-0.4, -0.2) is 27.7 Å². The summed E-state index contributed by atoms with van der Waals surface area (Å²) in [7, 11) is 0. The molecule has 0 fully saturated rings. The number of carbonyl (C=O) groups is 1. The number of benzene rings is 1. The van der Waals surface area contributed by atoms with Crippen molar-refractivity contribution in [3.05, 3.63) is 41.6 Å². The van der Waals surface area contributed by atoms with E-state index in [2.05, 4.69) is 0 Å². The first-order valence-corrected chi connectivity index (χ1v) is 5.28. The molecule has 0 amide bonds. The molecule has 0 bridgehead atoms. The second-order valence-electron chi connectivity index (χ2n) is 3.81. The summed E-state index contributed by atoms with van der Waals surface area (Å²) in [6, 6.07) is 5.99. The lowest BCUT2D eigenvalue weighted by Gasteiger charge is -2.17. The number of carbonyl (C=O) groups excluding carboxylic acids is 1. The first kappa shape index (κ1) is 14.0. The van der Waals surface area contributed by atoms with Gasteiger partial charge < -0.3 is 9.84 Å². The van der Waals surface area contributed by atoms with Crippen molar-refractivity contribution in [2.75, 3.05) is 0 Å². The Morgan fingerprint density at radius 1 is 1.33 bits per heavy atom. The first-order chi connectivity index (χ1) is 8.41. The molecule has 0 atom stereocenters. The largest absolute Gasteiger partial charge is 0.871 e. The summed E-state index contributed by atoms with van der Waals surface area (Å²) in [5, 5.41) is 28.4. The highest BCUT2D eigenvalue weighted by Gasteiger charge is 2.13. The van der Waals surface area contributed by atoms with Crippen LogP contribution in [0.5, 0.6) is 0 Å². The number of hydroxylamine groups is 2. The molecule has 0 aliphatic carbocycles. The van der Waals surface area contributed by atoms with Gasteiger partial charge in [-0.2, -0.15) is 0 Å². The Morgan fingerprint density at radius 2 is 1.89 bits per heavy atom. The van der Waals surface area contributed by atoms with Gasteiger partial charge in [-0.05, 0) is 25.5 Å². The van der Waals surface area contributed by atoms with Gasteiger partial charge in [0.05, 0.1) is 17.9 Å². The maximum absolute atomic E-state index is 11.7. The van der Waals surface area contributed by atoms with Crippen LogP contribution in [0, 0.1) is 0 Å². The van der Waals surface area contributed by atoms with Crippen LogP contribution < -0.4 is 5.11 Å². The summed E-state index contributed by atoms with van der Waals surface area (Å²) in [5.41, 5.74) is 0.116. The molecule has 1 rings (SSSR count). The van der Waals surface area contributed by atoms with Gasteiger partial charge in [-0.25, -0.2) is 4.79 Å². The fourth-order valence-electron chi connectivity index (χ4n) is 1.33. The molecule has 0 aromatic heterocycles. The highest BCUT2D eigenvalue weighted by Crippen LogP contribution is 2.16. The van der Waals surface area contributed by atoms with Gasteiger partial charge in [0.15, 0.2) is 0 Å². The fraction of sp³-hybridized carbons (Fsp3) is 0.250. The minimum Gasteiger partial charge on any atom is -0.871 e. The van der Waals surface area contributed by atoms with E-state index in [1.807, 2.05) is 0 Å². The van der Waals surface area contributed by atoms with Gasteiger partial charge in [-0.3, -0.25) is 10.4 Å². The third-order valence-corrected chi connectivity index (χ3v) is 1.99. The van der Waals surface area contributed by atoms with E-state index in [1.165, 1.54) is 12.1 Å². The minimum absolute atomic E-state index is 0.0382. The molecular weight excluding hydrogens is 238 g/mol. The van der Waals surface area contributed by atoms with Crippen LogP contribution in [0.1, 0.15) is 29.8 Å². The maximum Gasteiger partial charge on any atom is 0.338 e. The normalized spacial score (nSPS) is 11.5. The Morgan fingerprint density at radius 3 is 2.39 bits per heavy atom. The summed E-state index contributed by atoms with van der Waals surface area (Å²) in [6.45, 7) is 3.38. The van der Waals surface area contributed by atoms with Crippen LogP contribution in [0.15, 0.2) is 30.5 Å². The monoisotopic (exact) mass is 252 g/mol. The second-order valence-corrected chi connectivity index (χ2v) is 3.81. The second kappa shape index (κ2) is 6.04. The molecule has 6 nitrogen and oxygen atoms in total. The third-order valence-electron chi connectivity index (χ3n) is 1.99. The van der Waals surface area contributed by atoms with Crippen molar-refractivity contribution in [2.24, 2.45) is 0 Å². The van der Waals surface area contributed by atoms with Crippen LogP contribution in [-0.2, 0) is 4.74 Å². The molecule has 0 saturated carbocycles. The smallest absolute Gasteiger partial charge is 0.338 e. The molecule has 0 aliphatic heterocycles. The molecule has 0 heterocycles. The Hall–Kier alpha value is -2.05. The van der Waals surface area contributed by atoms with E-state index >= 15 is 0 Å². The molecule has 18 heavy (non-hydrogen) atoms. The lowest BCUT2D eigenvalue weighted by atomic mass is 10.1. The quantitative estimate of drug-likeness (QED) is 0.471. The fourth-order valence-corrected chi connectivity index (χ4v) is 1.33. The molecule has 0 spiro atoms. The van der Waals surface area contributed by atoms with Crippen molar-refractivity contribution in [1.29, 1.82) is 0 Å². The number of rotatable bonds is 4. The molecule has 0 aliphatic rings. The number of nitrogens with zero attached hydrogens (tertiary/aromatic N) is 1. The molecule has 0 saturated heterocycles. The Kier molecular flexibility index (Phi) is 4.70. The molecule has 1 aromatic rings. The van der Waals surface area contributed by atoms with Gasteiger partial charge in [0.25, 0.3) is 0 Å². The highest BCUT2D eigenvalue weighted by atomic mass is 16.8. The molecule has 1 aromatic carbocycles. The predicted octanol–water partition coefficient (Wildman–Crippen LogP) is 0.991. The van der Waals surface area contributed by atoms with E-state index in [0.717, 1.165) is 0 Å². The molecule has 98 valence electrons. The minimum atomic E-state index is -0.712. The van der Waals surface area contributed by atoms with Gasteiger partial charge in [0.1, 0.15) is 0 Å². The third kappa shape index (κ3) is 3.76. The Balaban J connectivity index is 3.10. The maximum atomic E-state index is 11.7. The molecule has 2 N–H and O–H groups in total. The van der Waals surface area contributed by atoms with Gasteiger partial charge >= 0.3 is 5.97 Å². The van der Waals surface area contributed by atoms with Gasteiger partial charge in [-0.15, -0.1) is 5.23 Å². The van der Waals surface area contributed by atoms with Crippen molar-refractivity contribution >= 4 is 11.7 Å². The number of hydrogen-bond acceptors (Lipinski definition) is 6. The number of esters is 1. The standard InChI is InChI=1S/C12H15NO5/c1-8(2)18-12(15)10-6-4-3-5-9(10)11(14)7-13(16)17/h3-8,14,16-17H,1-2H3/p-1. The average Bonchev–Trinajstić information content (AvgIpc) is 2.27. The highest BCUT2D eigenvalue weighted by molar-refractivity contribution is 5.94. The van der Waals surface area contributed by atoms with Gasteiger partial charge in [0.2, 0.25) is 0 Å². The zero-order valence-corrected chi connectivity index (χ0v) is 10.0. The number of hydrogen-bond donors (Lipinski definition) is 2. The van der Waals surface area contributed by atoms with Crippen molar-refractivity contribution < 1.29 is 25.1 Å². The molecule has 6 heteroatoms. The lowest BCUT2D eigenvalue weighted by molar-refractivity contribution is -0.283. The van der Waals surface area contributed by atoms with Crippen molar-refractivity contribution in [3.8, 4) is 0 Å². The molecule has 0 unspecified atom stereocenters. The van der Waals surface area contributed by atoms with E-state index in [1.54, 1.807) is 26.0 Å². The molecular formula is C12H14NO5-. The van der Waals surface area contributed by atoms with Crippen molar-refractivity contribution in [3.63, 3.8) is 0 Å². The molecule has 0 radical (unpaired) electrons. The van der Waals surface area contributed by atoms with E-state index in [4.69, 9.17) is 15.2 Å². The first-order valence-electron chi connectivity index (χ1n) is 5.28. The summed E-state index contributed by atoms with van der Waals surface area (Å²) in [6.07, 6.45) is 0.235. The SMILES string of the molecule is CC(C)OC(=O)c1ccccc1C([O-])=CN(O)O. The topological polar surface area (TPSA) is 93.1 Å². The van der Waals surface area contributed by atoms with E-state index in [9.17, 15) is 9.90 Å². The number of ether oxygens (including phenoxy) is 1. The Labute approximate surface area is 104 Å². The Bertz CT molecular complexity index is 454. The van der Waals surface area contributed by atoms with Crippen LogP contribution in [0.4, 0.5) is 0 Å². The van der Waals surface area contributed by atoms with E-state index in [-0.39, 0.29) is 22.5 Å². The zero-order valence-electron chi connectivity index (χ0n) is 10.0. The van der Waals surface area contributed by atoms with Gasteiger partial charge in [0, 0.05) is 0 Å². The van der Waals surface area contributed by atoms with Crippen molar-refractivity contribution in [1.82, 2.24) is 5.23 Å². The summed E-state index contributed by atoms with van der Waals surface area (Å²) >= 11 is 0. The summed E-state index contributed by atoms with van der Waals surface area (Å²) in [5.74, 6) is -1.35. The zero-order chi connectivity index (χ0) is 13.7. The average molecular weight is 252 g/mol. The lowest BCUT2D eigenvalue weighted by Crippen LogP contribution is -2.17. The summed E-state index contributed by atoms with van der Waals surface area (Å²) < 4.78 is 4.99.